The minimum absolute atomic E-state index is 0.0868. The molecule has 0 rings (SSSR count). The third-order valence-electron chi connectivity index (χ3n) is 0.714. The van der Waals surface area contributed by atoms with E-state index in [-0.39, 0.29) is 6.42 Å². The van der Waals surface area contributed by atoms with Crippen LogP contribution in [0.3, 0.4) is 0 Å². The van der Waals surface area contributed by atoms with Crippen molar-refractivity contribution in [1.82, 2.24) is 0 Å². The van der Waals surface area contributed by atoms with Gasteiger partial charge in [-0.05, 0) is 6.42 Å². The minimum atomic E-state index is -4.07. The van der Waals surface area contributed by atoms with Crippen LogP contribution in [0.25, 0.3) is 0 Å². The molecule has 0 amide bonds. The summed E-state index contributed by atoms with van der Waals surface area (Å²) in [5.41, 5.74) is 0. The SMILES string of the molecule is CCC(Br)C(F)(F)F. The second-order valence-electron chi connectivity index (χ2n) is 1.42. The monoisotopic (exact) mass is 190 g/mol. The third-order valence-corrected chi connectivity index (χ3v) is 1.88. The molecule has 0 heterocycles. The van der Waals surface area contributed by atoms with Crippen molar-refractivity contribution in [2.45, 2.75) is 24.3 Å². The first-order valence-corrected chi connectivity index (χ1v) is 3.10. The van der Waals surface area contributed by atoms with Crippen molar-refractivity contribution >= 4 is 15.9 Å². The van der Waals surface area contributed by atoms with Crippen molar-refractivity contribution in [2.24, 2.45) is 0 Å². The quantitative estimate of drug-likeness (QED) is 0.559. The molecule has 0 fully saturated rings. The van der Waals surface area contributed by atoms with Gasteiger partial charge in [0.1, 0.15) is 4.83 Å². The fourth-order valence-electron chi connectivity index (χ4n) is 0.231. The molecule has 50 valence electrons. The average molecular weight is 191 g/mol. The first-order valence-electron chi connectivity index (χ1n) is 2.19. The molecule has 1 atom stereocenters. The zero-order chi connectivity index (χ0) is 6.78. The summed E-state index contributed by atoms with van der Waals surface area (Å²) < 4.78 is 34.2. The van der Waals surface area contributed by atoms with E-state index in [0.29, 0.717) is 0 Å². The molecule has 0 bridgehead atoms. The second-order valence-corrected chi connectivity index (χ2v) is 2.52. The Bertz CT molecular complexity index is 68.2. The summed E-state index contributed by atoms with van der Waals surface area (Å²) in [4.78, 5) is -1.34. The maximum absolute atomic E-state index is 11.4. The molecule has 0 saturated heterocycles. The number of alkyl halides is 4. The van der Waals surface area contributed by atoms with E-state index in [1.807, 2.05) is 0 Å². The molecule has 0 radical (unpaired) electrons. The summed E-state index contributed by atoms with van der Waals surface area (Å²) in [5.74, 6) is 0. The van der Waals surface area contributed by atoms with Crippen molar-refractivity contribution in [3.63, 3.8) is 0 Å². The van der Waals surface area contributed by atoms with Crippen LogP contribution in [0.4, 0.5) is 13.2 Å². The topological polar surface area (TPSA) is 0 Å². The van der Waals surface area contributed by atoms with Gasteiger partial charge in [-0.3, -0.25) is 0 Å². The van der Waals surface area contributed by atoms with Gasteiger partial charge in [0.05, 0.1) is 0 Å². The lowest BCUT2D eigenvalue weighted by Crippen LogP contribution is -2.21. The molecule has 8 heavy (non-hydrogen) atoms. The normalized spacial score (nSPS) is 16.1. The molecule has 0 spiro atoms. The predicted molar refractivity (Wildman–Crippen MR) is 29.1 cm³/mol. The van der Waals surface area contributed by atoms with Gasteiger partial charge in [0, 0.05) is 0 Å². The van der Waals surface area contributed by atoms with Crippen LogP contribution in [0.2, 0.25) is 0 Å². The molecule has 0 aliphatic heterocycles. The maximum Gasteiger partial charge on any atom is 0.401 e. The molecule has 0 aromatic heterocycles. The lowest BCUT2D eigenvalue weighted by atomic mass is 10.3. The lowest BCUT2D eigenvalue weighted by molar-refractivity contribution is -0.127. The highest BCUT2D eigenvalue weighted by Gasteiger charge is 2.35. The van der Waals surface area contributed by atoms with Crippen LogP contribution in [0.5, 0.6) is 0 Å². The molecular formula is C4H6BrF3. The highest BCUT2D eigenvalue weighted by Crippen LogP contribution is 2.27. The molecule has 1 unspecified atom stereocenters. The average Bonchev–Trinajstić information content (AvgIpc) is 1.62. The largest absolute Gasteiger partial charge is 0.401 e. The molecule has 4 heteroatoms. The highest BCUT2D eigenvalue weighted by atomic mass is 79.9. The fourth-order valence-corrected chi connectivity index (χ4v) is 0.231. The Hall–Kier alpha value is 0.270. The van der Waals surface area contributed by atoms with Gasteiger partial charge >= 0.3 is 6.18 Å². The Balaban J connectivity index is 3.62. The van der Waals surface area contributed by atoms with E-state index < -0.39 is 11.0 Å². The van der Waals surface area contributed by atoms with Gasteiger partial charge < -0.3 is 0 Å². The van der Waals surface area contributed by atoms with Gasteiger partial charge in [0.15, 0.2) is 0 Å². The van der Waals surface area contributed by atoms with Crippen LogP contribution in [-0.2, 0) is 0 Å². The van der Waals surface area contributed by atoms with Crippen LogP contribution < -0.4 is 0 Å². The standard InChI is InChI=1S/C4H6BrF3/c1-2-3(5)4(6,7)8/h3H,2H2,1H3. The third kappa shape index (κ3) is 2.55. The summed E-state index contributed by atoms with van der Waals surface area (Å²) in [6.07, 6.45) is -3.99. The zero-order valence-electron chi connectivity index (χ0n) is 4.30. The molecule has 0 aliphatic carbocycles. The van der Waals surface area contributed by atoms with Gasteiger partial charge in [-0.25, -0.2) is 0 Å². The van der Waals surface area contributed by atoms with Crippen molar-refractivity contribution in [2.75, 3.05) is 0 Å². The van der Waals surface area contributed by atoms with E-state index in [2.05, 4.69) is 15.9 Å². The molecule has 0 nitrogen and oxygen atoms in total. The Kier molecular flexibility index (Phi) is 2.80. The van der Waals surface area contributed by atoms with E-state index in [1.54, 1.807) is 0 Å². The summed E-state index contributed by atoms with van der Waals surface area (Å²) in [6, 6.07) is 0. The summed E-state index contributed by atoms with van der Waals surface area (Å²) in [5, 5.41) is 0. The van der Waals surface area contributed by atoms with E-state index in [4.69, 9.17) is 0 Å². The van der Waals surface area contributed by atoms with Crippen LogP contribution in [0.15, 0.2) is 0 Å². The second kappa shape index (κ2) is 2.71. The van der Waals surface area contributed by atoms with Crippen molar-refractivity contribution in [3.05, 3.63) is 0 Å². The lowest BCUT2D eigenvalue weighted by Gasteiger charge is -2.09. The van der Waals surface area contributed by atoms with Gasteiger partial charge in [-0.1, -0.05) is 22.9 Å². The van der Waals surface area contributed by atoms with E-state index in [0.717, 1.165) is 0 Å². The molecule has 0 saturated carbocycles. The minimum Gasteiger partial charge on any atom is -0.170 e. The van der Waals surface area contributed by atoms with Gasteiger partial charge in [-0.2, -0.15) is 13.2 Å². The molecule has 0 aliphatic rings. The molecule has 0 aromatic rings. The first-order chi connectivity index (χ1) is 3.48. The van der Waals surface area contributed by atoms with E-state index in [1.165, 1.54) is 6.92 Å². The fraction of sp³-hybridized carbons (Fsp3) is 1.00. The Morgan fingerprint density at radius 1 is 1.50 bits per heavy atom. The van der Waals surface area contributed by atoms with Crippen LogP contribution in [0.1, 0.15) is 13.3 Å². The van der Waals surface area contributed by atoms with Crippen molar-refractivity contribution in [3.8, 4) is 0 Å². The van der Waals surface area contributed by atoms with Crippen molar-refractivity contribution < 1.29 is 13.2 Å². The number of hydrogen-bond acceptors (Lipinski definition) is 0. The van der Waals surface area contributed by atoms with Crippen LogP contribution in [-0.4, -0.2) is 11.0 Å². The molecular weight excluding hydrogens is 185 g/mol. The summed E-state index contributed by atoms with van der Waals surface area (Å²) in [7, 11) is 0. The van der Waals surface area contributed by atoms with Crippen LogP contribution in [0, 0.1) is 0 Å². The molecule has 0 aromatic carbocycles. The molecule has 0 N–H and O–H groups in total. The first kappa shape index (κ1) is 8.27. The van der Waals surface area contributed by atoms with Gasteiger partial charge in [0.25, 0.3) is 0 Å². The number of halogens is 4. The smallest absolute Gasteiger partial charge is 0.170 e. The number of hydrogen-bond donors (Lipinski definition) is 0. The maximum atomic E-state index is 11.4. The van der Waals surface area contributed by atoms with E-state index in [9.17, 15) is 13.2 Å². The van der Waals surface area contributed by atoms with Gasteiger partial charge in [-0.15, -0.1) is 0 Å². The van der Waals surface area contributed by atoms with Gasteiger partial charge in [0.2, 0.25) is 0 Å². The zero-order valence-corrected chi connectivity index (χ0v) is 5.88. The highest BCUT2D eigenvalue weighted by molar-refractivity contribution is 9.09. The Morgan fingerprint density at radius 3 is 1.88 bits per heavy atom. The Labute approximate surface area is 54.2 Å². The predicted octanol–water partition coefficient (Wildman–Crippen LogP) is 2.72. The van der Waals surface area contributed by atoms with Crippen molar-refractivity contribution in [1.29, 1.82) is 0 Å². The summed E-state index contributed by atoms with van der Waals surface area (Å²) >= 11 is 2.47. The summed E-state index contributed by atoms with van der Waals surface area (Å²) in [6.45, 7) is 1.48. The van der Waals surface area contributed by atoms with Crippen LogP contribution >= 0.6 is 15.9 Å². The Morgan fingerprint density at radius 2 is 1.88 bits per heavy atom. The van der Waals surface area contributed by atoms with E-state index >= 15 is 0 Å². The number of rotatable bonds is 1.